The number of nitro groups is 1. The van der Waals surface area contributed by atoms with Crippen molar-refractivity contribution in [3.63, 3.8) is 0 Å². The van der Waals surface area contributed by atoms with Crippen LogP contribution in [-0.4, -0.2) is 17.4 Å². The Bertz CT molecular complexity index is 662. The molecule has 0 fully saturated rings. The van der Waals surface area contributed by atoms with Crippen molar-refractivity contribution in [1.82, 2.24) is 0 Å². The van der Waals surface area contributed by atoms with Gasteiger partial charge >= 0.3 is 0 Å². The van der Waals surface area contributed by atoms with Gasteiger partial charge in [-0.05, 0) is 18.2 Å². The summed E-state index contributed by atoms with van der Waals surface area (Å²) in [5.41, 5.74) is -0.193. The molecule has 0 heterocycles. The maximum atomic E-state index is 13.6. The van der Waals surface area contributed by atoms with E-state index in [2.05, 4.69) is 10.6 Å². The predicted octanol–water partition coefficient (Wildman–Crippen LogP) is 2.78. The predicted molar refractivity (Wildman–Crippen MR) is 76.6 cm³/mol. The number of benzene rings is 2. The maximum absolute atomic E-state index is 13.6. The van der Waals surface area contributed by atoms with Crippen LogP contribution in [0.25, 0.3) is 0 Å². The van der Waals surface area contributed by atoms with Gasteiger partial charge in [-0.2, -0.15) is 0 Å². The smallest absolute Gasteiger partial charge is 0.295 e. The van der Waals surface area contributed by atoms with E-state index in [9.17, 15) is 19.3 Å². The zero-order valence-corrected chi connectivity index (χ0v) is 10.9. The van der Waals surface area contributed by atoms with Crippen LogP contribution in [0.5, 0.6) is 0 Å². The molecule has 1 amide bonds. The Morgan fingerprint density at radius 3 is 2.52 bits per heavy atom. The number of carbonyl (C=O) groups is 1. The number of nitrogens with zero attached hydrogens (tertiary/aromatic N) is 1. The molecule has 0 unspecified atom stereocenters. The summed E-state index contributed by atoms with van der Waals surface area (Å²) in [6.45, 7) is -0.129. The lowest BCUT2D eigenvalue weighted by Crippen LogP contribution is -2.22. The fraction of sp³-hybridized carbons (Fsp3) is 0.0714. The topological polar surface area (TPSA) is 84.3 Å². The van der Waals surface area contributed by atoms with Crippen LogP contribution in [0.3, 0.4) is 0 Å². The quantitative estimate of drug-likeness (QED) is 0.654. The van der Waals surface area contributed by atoms with Crippen LogP contribution in [0.2, 0.25) is 0 Å². The van der Waals surface area contributed by atoms with E-state index in [1.165, 1.54) is 6.07 Å². The van der Waals surface area contributed by atoms with Crippen molar-refractivity contribution in [2.24, 2.45) is 0 Å². The molecular weight excluding hydrogens is 277 g/mol. The van der Waals surface area contributed by atoms with Gasteiger partial charge in [-0.25, -0.2) is 4.39 Å². The number of amides is 1. The van der Waals surface area contributed by atoms with E-state index in [-0.39, 0.29) is 6.54 Å². The van der Waals surface area contributed by atoms with Gasteiger partial charge in [0.25, 0.3) is 5.69 Å². The molecule has 0 saturated heterocycles. The van der Waals surface area contributed by atoms with E-state index in [0.717, 1.165) is 17.8 Å². The molecule has 2 N–H and O–H groups in total. The minimum atomic E-state index is -0.850. The molecule has 0 aliphatic heterocycles. The third kappa shape index (κ3) is 3.75. The minimum Gasteiger partial charge on any atom is -0.376 e. The van der Waals surface area contributed by atoms with Gasteiger partial charge in [0.15, 0.2) is 11.5 Å². The summed E-state index contributed by atoms with van der Waals surface area (Å²) in [4.78, 5) is 21.8. The number of para-hydroxylation sites is 2. The van der Waals surface area contributed by atoms with Gasteiger partial charge in [-0.15, -0.1) is 0 Å². The summed E-state index contributed by atoms with van der Waals surface area (Å²) < 4.78 is 13.6. The fourth-order valence-electron chi connectivity index (χ4n) is 1.71. The van der Waals surface area contributed by atoms with Crippen LogP contribution in [0, 0.1) is 15.9 Å². The molecule has 0 bridgehead atoms. The van der Waals surface area contributed by atoms with Crippen molar-refractivity contribution >= 4 is 23.0 Å². The zero-order valence-electron chi connectivity index (χ0n) is 10.9. The van der Waals surface area contributed by atoms with Gasteiger partial charge in [-0.1, -0.05) is 24.3 Å². The van der Waals surface area contributed by atoms with E-state index < -0.39 is 28.0 Å². The standard InChI is InChI=1S/C14H12FN3O3/c15-11-7-4-8-12(18(20)21)14(11)17-13(19)9-16-10-5-2-1-3-6-10/h1-8,16H,9H2,(H,17,19). The number of halogens is 1. The molecule has 0 atom stereocenters. The van der Waals surface area contributed by atoms with E-state index in [4.69, 9.17) is 0 Å². The van der Waals surface area contributed by atoms with Crippen molar-refractivity contribution in [3.8, 4) is 0 Å². The molecule has 7 heteroatoms. The normalized spacial score (nSPS) is 9.95. The average molecular weight is 289 g/mol. The summed E-state index contributed by atoms with van der Waals surface area (Å²) in [6, 6.07) is 12.3. The molecule has 0 aliphatic rings. The summed E-state index contributed by atoms with van der Waals surface area (Å²) >= 11 is 0. The Labute approximate surface area is 119 Å². The molecule has 0 radical (unpaired) electrons. The first-order valence-electron chi connectivity index (χ1n) is 6.09. The van der Waals surface area contributed by atoms with Crippen molar-refractivity contribution < 1.29 is 14.1 Å². The number of nitrogens with one attached hydrogen (secondary N) is 2. The number of hydrogen-bond donors (Lipinski definition) is 2. The summed E-state index contributed by atoms with van der Waals surface area (Å²) in [5.74, 6) is -1.43. The second-order valence-electron chi connectivity index (χ2n) is 4.16. The molecule has 0 aromatic heterocycles. The lowest BCUT2D eigenvalue weighted by Gasteiger charge is -2.08. The second-order valence-corrected chi connectivity index (χ2v) is 4.16. The van der Waals surface area contributed by atoms with Gasteiger partial charge in [0.05, 0.1) is 11.5 Å². The third-order valence-corrected chi connectivity index (χ3v) is 2.68. The van der Waals surface area contributed by atoms with Gasteiger partial charge in [0.2, 0.25) is 5.91 Å². The number of hydrogen-bond acceptors (Lipinski definition) is 4. The fourth-order valence-corrected chi connectivity index (χ4v) is 1.71. The van der Waals surface area contributed by atoms with Gasteiger partial charge in [-0.3, -0.25) is 14.9 Å². The lowest BCUT2D eigenvalue weighted by molar-refractivity contribution is -0.384. The van der Waals surface area contributed by atoms with Crippen molar-refractivity contribution in [2.45, 2.75) is 0 Å². The van der Waals surface area contributed by atoms with Crippen molar-refractivity contribution in [3.05, 3.63) is 64.5 Å². The highest BCUT2D eigenvalue weighted by Gasteiger charge is 2.19. The van der Waals surface area contributed by atoms with Crippen LogP contribution in [0.4, 0.5) is 21.5 Å². The van der Waals surface area contributed by atoms with Crippen LogP contribution in [0.15, 0.2) is 48.5 Å². The lowest BCUT2D eigenvalue weighted by atomic mass is 10.2. The number of anilines is 2. The van der Waals surface area contributed by atoms with Crippen LogP contribution in [-0.2, 0) is 4.79 Å². The number of nitro benzene ring substituents is 1. The number of rotatable bonds is 5. The highest BCUT2D eigenvalue weighted by Crippen LogP contribution is 2.26. The van der Waals surface area contributed by atoms with Crippen molar-refractivity contribution in [1.29, 1.82) is 0 Å². The molecule has 0 saturated carbocycles. The summed E-state index contributed by atoms with van der Waals surface area (Å²) in [5, 5.41) is 15.8. The highest BCUT2D eigenvalue weighted by molar-refractivity contribution is 5.95. The van der Waals surface area contributed by atoms with E-state index in [1.54, 1.807) is 24.3 Å². The molecular formula is C14H12FN3O3. The zero-order chi connectivity index (χ0) is 15.2. The molecule has 108 valence electrons. The Hall–Kier alpha value is -2.96. The maximum Gasteiger partial charge on any atom is 0.295 e. The Morgan fingerprint density at radius 1 is 1.14 bits per heavy atom. The molecule has 0 spiro atoms. The Balaban J connectivity index is 2.05. The molecule has 0 aliphatic carbocycles. The first-order chi connectivity index (χ1) is 10.1. The first kappa shape index (κ1) is 14.4. The van der Waals surface area contributed by atoms with Crippen LogP contribution in [0.1, 0.15) is 0 Å². The van der Waals surface area contributed by atoms with Crippen LogP contribution >= 0.6 is 0 Å². The van der Waals surface area contributed by atoms with Gasteiger partial charge < -0.3 is 10.6 Å². The largest absolute Gasteiger partial charge is 0.376 e. The third-order valence-electron chi connectivity index (χ3n) is 2.68. The van der Waals surface area contributed by atoms with Gasteiger partial charge in [0.1, 0.15) is 0 Å². The van der Waals surface area contributed by atoms with E-state index in [1.807, 2.05) is 6.07 Å². The van der Waals surface area contributed by atoms with E-state index >= 15 is 0 Å². The molecule has 2 aromatic rings. The monoisotopic (exact) mass is 289 g/mol. The Morgan fingerprint density at radius 2 is 1.86 bits per heavy atom. The molecule has 2 rings (SSSR count). The average Bonchev–Trinajstić information content (AvgIpc) is 2.48. The van der Waals surface area contributed by atoms with Gasteiger partial charge in [0, 0.05) is 11.8 Å². The minimum absolute atomic E-state index is 0.129. The Kier molecular flexibility index (Phi) is 4.45. The van der Waals surface area contributed by atoms with Crippen molar-refractivity contribution in [2.75, 3.05) is 17.2 Å². The SMILES string of the molecule is O=C(CNc1ccccc1)Nc1c(F)cccc1[N+](=O)[O-]. The molecule has 2 aromatic carbocycles. The summed E-state index contributed by atoms with van der Waals surface area (Å²) in [7, 11) is 0. The number of carbonyl (C=O) groups excluding carboxylic acids is 1. The highest BCUT2D eigenvalue weighted by atomic mass is 19.1. The second kappa shape index (κ2) is 6.47. The molecule has 6 nitrogen and oxygen atoms in total. The van der Waals surface area contributed by atoms with Crippen LogP contribution < -0.4 is 10.6 Å². The first-order valence-corrected chi connectivity index (χ1v) is 6.09. The molecule has 21 heavy (non-hydrogen) atoms. The van der Waals surface area contributed by atoms with E-state index in [0.29, 0.717) is 0 Å². The summed E-state index contributed by atoms with van der Waals surface area (Å²) in [6.07, 6.45) is 0.